The summed E-state index contributed by atoms with van der Waals surface area (Å²) in [5.74, 6) is -0.540. The minimum atomic E-state index is -0.415. The monoisotopic (exact) mass is 328 g/mol. The largest absolute Gasteiger partial charge is 0.456 e. The van der Waals surface area contributed by atoms with Crippen LogP contribution in [0.25, 0.3) is 0 Å². The molecule has 0 unspecified atom stereocenters. The number of fused-ring (bicyclic) bond motifs is 2. The molecule has 1 amide bonds. The fraction of sp³-hybridized carbons (Fsp3) is 0.556. The maximum atomic E-state index is 12.5. The molecule has 1 aromatic carbocycles. The Bertz CT molecular complexity index is 675. The highest BCUT2D eigenvalue weighted by molar-refractivity contribution is 6.04. The first-order valence-electron chi connectivity index (χ1n) is 8.74. The maximum Gasteiger partial charge on any atom is 0.303 e. The first-order valence-corrected chi connectivity index (χ1v) is 8.74. The van der Waals surface area contributed by atoms with Crippen LogP contribution in [-0.2, 0) is 33.6 Å². The van der Waals surface area contributed by atoms with Gasteiger partial charge in [0.05, 0.1) is 5.69 Å². The van der Waals surface area contributed by atoms with Crippen molar-refractivity contribution in [1.82, 2.24) is 4.81 Å². The van der Waals surface area contributed by atoms with E-state index in [0.717, 1.165) is 44.5 Å². The quantitative estimate of drug-likeness (QED) is 0.595. The Kier molecular flexibility index (Phi) is 4.95. The second-order valence-corrected chi connectivity index (χ2v) is 6.88. The molecule has 0 radical (unpaired) electrons. The minimum Gasteiger partial charge on any atom is -0.456 e. The summed E-state index contributed by atoms with van der Waals surface area (Å²) in [7, 11) is 2.16. The lowest BCUT2D eigenvalue weighted by atomic mass is 9.89. The summed E-state index contributed by atoms with van der Waals surface area (Å²) in [4.78, 5) is 27.7. The Balaban J connectivity index is 1.95. The molecule has 0 spiro atoms. The molecule has 2 heterocycles. The predicted molar refractivity (Wildman–Crippen MR) is 96.0 cm³/mol. The van der Waals surface area contributed by atoms with Crippen LogP contribution in [0, 0.1) is 6.92 Å². The van der Waals surface area contributed by atoms with Crippen LogP contribution in [0.5, 0.6) is 0 Å². The minimum absolute atomic E-state index is 0.125. The van der Waals surface area contributed by atoms with E-state index in [1.807, 2.05) is 4.90 Å². The van der Waals surface area contributed by atoms with E-state index in [0.29, 0.717) is 6.54 Å². The Morgan fingerprint density at radius 1 is 1.17 bits per heavy atom. The standard InChI is InChI=1S/C18H25BN2O3/c1-12-16-6-9-20(19)8-5-14(16)10-15-4-3-7-21(18(12)15)17(23)11-24-13(2)22/h10H,3-9,11,19H2,1-2H3. The summed E-state index contributed by atoms with van der Waals surface area (Å²) < 4.78 is 4.92. The average Bonchev–Trinajstić information content (AvgIpc) is 2.74. The summed E-state index contributed by atoms with van der Waals surface area (Å²) in [5.41, 5.74) is 6.38. The Morgan fingerprint density at radius 3 is 2.67 bits per heavy atom. The molecule has 3 rings (SSSR count). The van der Waals surface area contributed by atoms with E-state index >= 15 is 0 Å². The lowest BCUT2D eigenvalue weighted by Crippen LogP contribution is -2.39. The Morgan fingerprint density at radius 2 is 1.92 bits per heavy atom. The van der Waals surface area contributed by atoms with E-state index in [1.54, 1.807) is 0 Å². The van der Waals surface area contributed by atoms with Crippen molar-refractivity contribution in [2.75, 3.05) is 31.1 Å². The molecule has 24 heavy (non-hydrogen) atoms. The van der Waals surface area contributed by atoms with Crippen molar-refractivity contribution >= 4 is 25.5 Å². The van der Waals surface area contributed by atoms with Crippen molar-refractivity contribution in [2.24, 2.45) is 0 Å². The van der Waals surface area contributed by atoms with Crippen LogP contribution in [0.1, 0.15) is 35.6 Å². The number of benzene rings is 1. The molecular weight excluding hydrogens is 303 g/mol. The molecule has 0 saturated carbocycles. The van der Waals surface area contributed by atoms with Crippen LogP contribution in [0.4, 0.5) is 5.69 Å². The van der Waals surface area contributed by atoms with Gasteiger partial charge in [-0.2, -0.15) is 0 Å². The van der Waals surface area contributed by atoms with Gasteiger partial charge in [0.25, 0.3) is 5.91 Å². The van der Waals surface area contributed by atoms with Gasteiger partial charge < -0.3 is 14.4 Å². The van der Waals surface area contributed by atoms with Gasteiger partial charge in [-0.25, -0.2) is 0 Å². The van der Waals surface area contributed by atoms with Crippen LogP contribution in [0.3, 0.4) is 0 Å². The molecule has 1 aromatic rings. The highest BCUT2D eigenvalue weighted by Gasteiger charge is 2.28. The van der Waals surface area contributed by atoms with E-state index in [1.165, 1.54) is 29.2 Å². The number of aryl methyl sites for hydroxylation is 1. The lowest BCUT2D eigenvalue weighted by Gasteiger charge is -2.33. The van der Waals surface area contributed by atoms with Gasteiger partial charge in [0.1, 0.15) is 0 Å². The molecule has 2 aliphatic heterocycles. The van der Waals surface area contributed by atoms with E-state index in [4.69, 9.17) is 4.74 Å². The van der Waals surface area contributed by atoms with Crippen molar-refractivity contribution in [2.45, 2.75) is 39.5 Å². The smallest absolute Gasteiger partial charge is 0.303 e. The zero-order valence-electron chi connectivity index (χ0n) is 14.9. The number of ether oxygens (including phenoxy) is 1. The van der Waals surface area contributed by atoms with Crippen molar-refractivity contribution in [3.05, 3.63) is 28.3 Å². The normalized spacial score (nSPS) is 17.7. The number of carbonyl (C=O) groups excluding carboxylic acids is 2. The number of hydrogen-bond acceptors (Lipinski definition) is 4. The SMILES string of the molecule is BN1CCc2cc3c(c(C)c2CC1)N(C(=O)COC(C)=O)CCC3. The molecule has 0 saturated heterocycles. The summed E-state index contributed by atoms with van der Waals surface area (Å²) >= 11 is 0. The highest BCUT2D eigenvalue weighted by atomic mass is 16.5. The second-order valence-electron chi connectivity index (χ2n) is 6.88. The number of esters is 1. The Labute approximate surface area is 144 Å². The van der Waals surface area contributed by atoms with Crippen molar-refractivity contribution in [3.8, 4) is 0 Å². The highest BCUT2D eigenvalue weighted by Crippen LogP contribution is 2.36. The molecule has 128 valence electrons. The van der Waals surface area contributed by atoms with Gasteiger partial charge in [0.2, 0.25) is 0 Å². The van der Waals surface area contributed by atoms with Crippen LogP contribution >= 0.6 is 0 Å². The van der Waals surface area contributed by atoms with Gasteiger partial charge in [0.15, 0.2) is 14.6 Å². The third-order valence-electron chi connectivity index (χ3n) is 5.15. The average molecular weight is 328 g/mol. The lowest BCUT2D eigenvalue weighted by molar-refractivity contribution is -0.145. The molecule has 0 atom stereocenters. The van der Waals surface area contributed by atoms with Crippen molar-refractivity contribution in [3.63, 3.8) is 0 Å². The first-order chi connectivity index (χ1) is 11.5. The van der Waals surface area contributed by atoms with Crippen LogP contribution < -0.4 is 4.90 Å². The molecule has 0 N–H and O–H groups in total. The topological polar surface area (TPSA) is 49.9 Å². The molecular formula is C18H25BN2O3. The van der Waals surface area contributed by atoms with Gasteiger partial charge in [0, 0.05) is 13.5 Å². The van der Waals surface area contributed by atoms with Crippen LogP contribution in [0.15, 0.2) is 6.07 Å². The summed E-state index contributed by atoms with van der Waals surface area (Å²) in [6.45, 7) is 6.13. The van der Waals surface area contributed by atoms with Gasteiger partial charge in [-0.3, -0.25) is 9.59 Å². The van der Waals surface area contributed by atoms with Crippen LogP contribution in [-0.4, -0.2) is 50.9 Å². The zero-order valence-corrected chi connectivity index (χ0v) is 14.9. The van der Waals surface area contributed by atoms with Crippen LogP contribution in [0.2, 0.25) is 0 Å². The number of rotatable bonds is 2. The van der Waals surface area contributed by atoms with Crippen molar-refractivity contribution < 1.29 is 14.3 Å². The van der Waals surface area contributed by atoms with Gasteiger partial charge >= 0.3 is 5.97 Å². The summed E-state index contributed by atoms with van der Waals surface area (Å²) in [5, 5.41) is 0. The number of hydrogen-bond donors (Lipinski definition) is 0. The molecule has 6 heteroatoms. The second kappa shape index (κ2) is 6.97. The van der Waals surface area contributed by atoms with E-state index < -0.39 is 5.97 Å². The molecule has 5 nitrogen and oxygen atoms in total. The molecule has 0 fully saturated rings. The van der Waals surface area contributed by atoms with Crippen molar-refractivity contribution in [1.29, 1.82) is 0 Å². The predicted octanol–water partition coefficient (Wildman–Crippen LogP) is 0.786. The third-order valence-corrected chi connectivity index (χ3v) is 5.15. The van der Waals surface area contributed by atoms with Gasteiger partial charge in [-0.1, -0.05) is 6.07 Å². The number of anilines is 1. The molecule has 2 aliphatic rings. The first kappa shape index (κ1) is 17.0. The summed E-state index contributed by atoms with van der Waals surface area (Å²) in [6, 6.07) is 2.31. The van der Waals surface area contributed by atoms with E-state index in [2.05, 4.69) is 25.8 Å². The van der Waals surface area contributed by atoms with Gasteiger partial charge in [-0.05, 0) is 68.0 Å². The molecule has 0 aromatic heterocycles. The summed E-state index contributed by atoms with van der Waals surface area (Å²) in [6.07, 6.45) is 4.06. The molecule has 0 aliphatic carbocycles. The van der Waals surface area contributed by atoms with Gasteiger partial charge in [-0.15, -0.1) is 0 Å². The third kappa shape index (κ3) is 3.34. The number of nitrogens with zero attached hydrogens (tertiary/aromatic N) is 2. The zero-order chi connectivity index (χ0) is 17.3. The maximum absolute atomic E-state index is 12.5. The molecule has 0 bridgehead atoms. The van der Waals surface area contributed by atoms with E-state index in [-0.39, 0.29) is 12.5 Å². The fourth-order valence-corrected chi connectivity index (χ4v) is 3.88. The number of carbonyl (C=O) groups is 2. The fourth-order valence-electron chi connectivity index (χ4n) is 3.88. The Hall–Kier alpha value is -1.82. The number of amides is 1. The van der Waals surface area contributed by atoms with E-state index in [9.17, 15) is 9.59 Å².